The molecule has 0 saturated heterocycles. The third-order valence-corrected chi connectivity index (χ3v) is 14.0. The van der Waals surface area contributed by atoms with Crippen LogP contribution in [0, 0.1) is 0 Å². The highest BCUT2D eigenvalue weighted by atomic mass is 15.1. The van der Waals surface area contributed by atoms with Crippen molar-refractivity contribution < 1.29 is 0 Å². The molecule has 0 aliphatic rings. The van der Waals surface area contributed by atoms with E-state index in [9.17, 15) is 0 Å². The van der Waals surface area contributed by atoms with E-state index in [1.54, 1.807) is 0 Å². The third-order valence-electron chi connectivity index (χ3n) is 14.0. The number of hydrogen-bond acceptors (Lipinski definition) is 1. The lowest BCUT2D eigenvalue weighted by Gasteiger charge is -2.26. The number of aromatic nitrogens is 1. The molecule has 0 radical (unpaired) electrons. The van der Waals surface area contributed by atoms with Crippen LogP contribution in [-0.2, 0) is 0 Å². The first-order chi connectivity index (χ1) is 34.7. The van der Waals surface area contributed by atoms with Gasteiger partial charge in [0.05, 0.1) is 11.0 Å². The molecule has 0 spiro atoms. The molecule has 0 aliphatic heterocycles. The summed E-state index contributed by atoms with van der Waals surface area (Å²) in [4.78, 5) is 2.39. The molecule has 0 N–H and O–H groups in total. The van der Waals surface area contributed by atoms with Crippen LogP contribution in [0.3, 0.4) is 0 Å². The van der Waals surface area contributed by atoms with Crippen molar-refractivity contribution in [3.63, 3.8) is 0 Å². The van der Waals surface area contributed by atoms with Crippen LogP contribution in [0.1, 0.15) is 0 Å². The molecule has 1 aromatic heterocycles. The maximum atomic E-state index is 2.41. The zero-order valence-electron chi connectivity index (χ0n) is 38.5. The van der Waals surface area contributed by atoms with Gasteiger partial charge in [0.2, 0.25) is 0 Å². The average molecular weight is 891 g/mol. The average Bonchev–Trinajstić information content (AvgIpc) is 3.78. The van der Waals surface area contributed by atoms with E-state index >= 15 is 0 Å². The lowest BCUT2D eigenvalue weighted by Crippen LogP contribution is -2.10. The van der Waals surface area contributed by atoms with Gasteiger partial charge in [0, 0.05) is 33.5 Å². The third kappa shape index (κ3) is 7.31. The highest BCUT2D eigenvalue weighted by Gasteiger charge is 2.20. The summed E-state index contributed by atoms with van der Waals surface area (Å²) in [6, 6.07) is 102. The molecule has 13 aromatic rings. The molecular weight excluding hydrogens is 845 g/mol. The fourth-order valence-corrected chi connectivity index (χ4v) is 10.6. The fraction of sp³-hybridized carbons (Fsp3) is 0. The Bertz CT molecular complexity index is 4010. The van der Waals surface area contributed by atoms with Crippen LogP contribution < -0.4 is 4.90 Å². The molecule has 2 heteroatoms. The van der Waals surface area contributed by atoms with Gasteiger partial charge in [0.1, 0.15) is 0 Å². The van der Waals surface area contributed by atoms with E-state index in [1.165, 1.54) is 93.4 Å². The minimum atomic E-state index is 1.08. The molecule has 0 fully saturated rings. The maximum absolute atomic E-state index is 2.41. The molecule has 1 heterocycles. The summed E-state index contributed by atoms with van der Waals surface area (Å²) < 4.78 is 2.41. The maximum Gasteiger partial charge on any atom is 0.0547 e. The number of anilines is 3. The first kappa shape index (κ1) is 41.0. The molecule has 12 aromatic carbocycles. The van der Waals surface area contributed by atoms with Crippen molar-refractivity contribution in [1.82, 2.24) is 4.57 Å². The Kier molecular flexibility index (Phi) is 10.2. The van der Waals surface area contributed by atoms with Crippen LogP contribution in [0.4, 0.5) is 17.1 Å². The minimum Gasteiger partial charge on any atom is -0.310 e. The van der Waals surface area contributed by atoms with Crippen LogP contribution in [0.15, 0.2) is 279 Å². The Labute approximate surface area is 408 Å². The van der Waals surface area contributed by atoms with Crippen LogP contribution in [-0.4, -0.2) is 4.57 Å². The van der Waals surface area contributed by atoms with Crippen molar-refractivity contribution in [3.8, 4) is 61.3 Å². The highest BCUT2D eigenvalue weighted by Crippen LogP contribution is 2.44. The Balaban J connectivity index is 0.930. The van der Waals surface area contributed by atoms with Gasteiger partial charge >= 0.3 is 0 Å². The summed E-state index contributed by atoms with van der Waals surface area (Å²) in [5, 5.41) is 7.47. The number of rotatable bonds is 9. The van der Waals surface area contributed by atoms with E-state index in [1.807, 2.05) is 0 Å². The molecule has 0 atom stereocenters. The standard InChI is InChI=1S/C68H46N2/c1-3-15-47(16-4-1)54-39-44-66-65(46-54)68-64(29-14-30-67(68)70(66)56-22-5-2-6-23-56)55-21-11-24-59(45-55)69(58-42-37-53(38-43-58)63-28-13-20-51-18-8-10-26-61(51)63)57-40-35-49(36-41-57)48-31-33-52(34-32-48)62-27-12-19-50-17-7-9-25-60(50)62/h1-46H. The predicted octanol–water partition coefficient (Wildman–Crippen LogP) is 18.9. The van der Waals surface area contributed by atoms with E-state index in [4.69, 9.17) is 0 Å². The second-order valence-electron chi connectivity index (χ2n) is 18.1. The van der Waals surface area contributed by atoms with Gasteiger partial charge in [-0.3, -0.25) is 0 Å². The predicted molar refractivity (Wildman–Crippen MR) is 298 cm³/mol. The largest absolute Gasteiger partial charge is 0.310 e. The van der Waals surface area contributed by atoms with Gasteiger partial charge < -0.3 is 9.47 Å². The number of para-hydroxylation sites is 1. The van der Waals surface area contributed by atoms with Crippen LogP contribution >= 0.6 is 0 Å². The van der Waals surface area contributed by atoms with Gasteiger partial charge in [-0.25, -0.2) is 0 Å². The number of hydrogen-bond donors (Lipinski definition) is 0. The molecule has 328 valence electrons. The number of nitrogens with zero attached hydrogens (tertiary/aromatic N) is 2. The van der Waals surface area contributed by atoms with E-state index in [0.29, 0.717) is 0 Å². The van der Waals surface area contributed by atoms with Crippen molar-refractivity contribution in [2.75, 3.05) is 4.90 Å². The Morgan fingerprint density at radius 1 is 0.243 bits per heavy atom. The molecule has 0 unspecified atom stereocenters. The number of benzene rings is 12. The van der Waals surface area contributed by atoms with Crippen LogP contribution in [0.25, 0.3) is 105 Å². The van der Waals surface area contributed by atoms with Crippen molar-refractivity contribution in [2.45, 2.75) is 0 Å². The molecule has 0 aliphatic carbocycles. The zero-order valence-corrected chi connectivity index (χ0v) is 38.5. The number of fused-ring (bicyclic) bond motifs is 5. The first-order valence-corrected chi connectivity index (χ1v) is 24.1. The van der Waals surface area contributed by atoms with Gasteiger partial charge in [-0.2, -0.15) is 0 Å². The SMILES string of the molecule is c1ccc(-c2ccc3c(c2)c2c(-c4cccc(N(c5ccc(-c6ccc(-c7cccc8ccccc78)cc6)cc5)c5ccc(-c6cccc7ccccc67)cc5)c4)cccc2n3-c2ccccc2)cc1. The monoisotopic (exact) mass is 890 g/mol. The van der Waals surface area contributed by atoms with Crippen molar-refractivity contribution in [3.05, 3.63) is 279 Å². The topological polar surface area (TPSA) is 8.17 Å². The van der Waals surface area contributed by atoms with Gasteiger partial charge in [-0.15, -0.1) is 0 Å². The van der Waals surface area contributed by atoms with E-state index in [0.717, 1.165) is 28.3 Å². The Morgan fingerprint density at radius 3 is 1.34 bits per heavy atom. The second-order valence-corrected chi connectivity index (χ2v) is 18.1. The molecule has 2 nitrogen and oxygen atoms in total. The van der Waals surface area contributed by atoms with Crippen LogP contribution in [0.2, 0.25) is 0 Å². The van der Waals surface area contributed by atoms with E-state index < -0.39 is 0 Å². The van der Waals surface area contributed by atoms with E-state index in [-0.39, 0.29) is 0 Å². The van der Waals surface area contributed by atoms with Gasteiger partial charge in [0.25, 0.3) is 0 Å². The normalized spacial score (nSPS) is 11.4. The summed E-state index contributed by atoms with van der Waals surface area (Å²) in [5.74, 6) is 0. The highest BCUT2D eigenvalue weighted by molar-refractivity contribution is 6.17. The Morgan fingerprint density at radius 2 is 0.700 bits per heavy atom. The summed E-state index contributed by atoms with van der Waals surface area (Å²) in [7, 11) is 0. The molecule has 0 amide bonds. The summed E-state index contributed by atoms with van der Waals surface area (Å²) >= 11 is 0. The molecule has 13 rings (SSSR count). The van der Waals surface area contributed by atoms with Gasteiger partial charge in [-0.05, 0) is 144 Å². The first-order valence-electron chi connectivity index (χ1n) is 24.1. The Hall–Kier alpha value is -9.24. The molecule has 0 saturated carbocycles. The minimum absolute atomic E-state index is 1.08. The van der Waals surface area contributed by atoms with Crippen molar-refractivity contribution >= 4 is 60.4 Å². The second kappa shape index (κ2) is 17.4. The summed E-state index contributed by atoms with van der Waals surface area (Å²) in [6.45, 7) is 0. The van der Waals surface area contributed by atoms with Gasteiger partial charge in [0.15, 0.2) is 0 Å². The van der Waals surface area contributed by atoms with Crippen LogP contribution in [0.5, 0.6) is 0 Å². The summed E-state index contributed by atoms with van der Waals surface area (Å²) in [5.41, 5.74) is 18.7. The van der Waals surface area contributed by atoms with E-state index in [2.05, 4.69) is 289 Å². The van der Waals surface area contributed by atoms with Crippen molar-refractivity contribution in [1.29, 1.82) is 0 Å². The lowest BCUT2D eigenvalue weighted by molar-refractivity contribution is 1.18. The van der Waals surface area contributed by atoms with Gasteiger partial charge in [-0.1, -0.05) is 212 Å². The summed E-state index contributed by atoms with van der Waals surface area (Å²) in [6.07, 6.45) is 0. The van der Waals surface area contributed by atoms with Crippen molar-refractivity contribution in [2.24, 2.45) is 0 Å². The molecular formula is C68H46N2. The zero-order chi connectivity index (χ0) is 46.4. The smallest absolute Gasteiger partial charge is 0.0547 e. The molecule has 0 bridgehead atoms. The molecule has 70 heavy (non-hydrogen) atoms. The fourth-order valence-electron chi connectivity index (χ4n) is 10.6. The quantitative estimate of drug-likeness (QED) is 0.140. The lowest BCUT2D eigenvalue weighted by atomic mass is 9.96.